The molecule has 0 aliphatic carbocycles. The number of carbonyl (C=O) groups is 1. The summed E-state index contributed by atoms with van der Waals surface area (Å²) in [5, 5.41) is 30.1. The number of hydrogen-bond donors (Lipinski definition) is 3. The lowest BCUT2D eigenvalue weighted by Crippen LogP contribution is -2.24. The second kappa shape index (κ2) is 6.52. The molecule has 0 fully saturated rings. The van der Waals surface area contributed by atoms with E-state index in [1.54, 1.807) is 0 Å². The normalized spacial score (nSPS) is 11.7. The van der Waals surface area contributed by atoms with E-state index in [1.807, 2.05) is 0 Å². The molecule has 0 radical (unpaired) electrons. The van der Waals surface area contributed by atoms with Crippen molar-refractivity contribution in [3.8, 4) is 0 Å². The van der Waals surface area contributed by atoms with Crippen LogP contribution in [0.1, 0.15) is 0 Å². The van der Waals surface area contributed by atoms with E-state index < -0.39 is 23.7 Å². The Labute approximate surface area is 102 Å². The van der Waals surface area contributed by atoms with Crippen LogP contribution in [0.2, 0.25) is 0 Å². The molecule has 1 unspecified atom stereocenters. The standard InChI is InChI=1S/C10H12N2O6/c13-5-9(14)6-18-10(15)11-7-1-3-8(4-2-7)12(16)17/h1-4,9,13-14H,5-6H2,(H,11,15). The molecule has 0 heterocycles. The lowest BCUT2D eigenvalue weighted by atomic mass is 10.3. The fraction of sp³-hybridized carbons (Fsp3) is 0.300. The number of hydrogen-bond acceptors (Lipinski definition) is 6. The number of nitro groups is 1. The number of carbonyl (C=O) groups excluding carboxylic acids is 1. The van der Waals surface area contributed by atoms with E-state index in [0.29, 0.717) is 5.69 Å². The average Bonchev–Trinajstić information content (AvgIpc) is 2.36. The third kappa shape index (κ3) is 4.36. The molecule has 1 aromatic carbocycles. The third-order valence-electron chi connectivity index (χ3n) is 1.94. The molecule has 0 aliphatic heterocycles. The Balaban J connectivity index is 2.47. The minimum Gasteiger partial charge on any atom is -0.446 e. The maximum Gasteiger partial charge on any atom is 0.411 e. The Morgan fingerprint density at radius 2 is 2.06 bits per heavy atom. The molecule has 1 atom stereocenters. The van der Waals surface area contributed by atoms with E-state index in [0.717, 1.165) is 0 Å². The zero-order valence-electron chi connectivity index (χ0n) is 9.28. The average molecular weight is 256 g/mol. The SMILES string of the molecule is O=C(Nc1ccc([N+](=O)[O-])cc1)OCC(O)CO. The maximum atomic E-state index is 11.2. The molecule has 0 saturated carbocycles. The van der Waals surface area contributed by atoms with Crippen molar-refractivity contribution < 1.29 is 24.7 Å². The van der Waals surface area contributed by atoms with Crippen LogP contribution in [0, 0.1) is 10.1 Å². The minimum atomic E-state index is -1.13. The minimum absolute atomic E-state index is 0.0929. The van der Waals surface area contributed by atoms with Gasteiger partial charge >= 0.3 is 6.09 Å². The van der Waals surface area contributed by atoms with Crippen LogP contribution < -0.4 is 5.32 Å². The molecular formula is C10H12N2O6. The maximum absolute atomic E-state index is 11.2. The van der Waals surface area contributed by atoms with Gasteiger partial charge in [-0.2, -0.15) is 0 Å². The number of non-ortho nitro benzene ring substituents is 1. The number of benzene rings is 1. The van der Waals surface area contributed by atoms with E-state index in [9.17, 15) is 14.9 Å². The smallest absolute Gasteiger partial charge is 0.411 e. The van der Waals surface area contributed by atoms with Crippen LogP contribution in [-0.2, 0) is 4.74 Å². The summed E-state index contributed by atoms with van der Waals surface area (Å²) < 4.78 is 4.58. The molecule has 8 heteroatoms. The second-order valence-electron chi connectivity index (χ2n) is 3.36. The van der Waals surface area contributed by atoms with Crippen molar-refractivity contribution in [2.75, 3.05) is 18.5 Å². The first-order valence-corrected chi connectivity index (χ1v) is 5.00. The Hall–Kier alpha value is -2.19. The summed E-state index contributed by atoms with van der Waals surface area (Å²) in [6, 6.07) is 5.17. The van der Waals surface area contributed by atoms with E-state index in [1.165, 1.54) is 24.3 Å². The summed E-state index contributed by atoms with van der Waals surface area (Å²) in [5.41, 5.74) is 0.230. The molecule has 0 saturated heterocycles. The van der Waals surface area contributed by atoms with E-state index in [4.69, 9.17) is 10.2 Å². The molecule has 18 heavy (non-hydrogen) atoms. The first-order valence-electron chi connectivity index (χ1n) is 5.00. The van der Waals surface area contributed by atoms with Crippen LogP contribution in [0.15, 0.2) is 24.3 Å². The number of nitrogens with zero attached hydrogens (tertiary/aromatic N) is 1. The van der Waals surface area contributed by atoms with E-state index >= 15 is 0 Å². The van der Waals surface area contributed by atoms with Crippen LogP contribution >= 0.6 is 0 Å². The Morgan fingerprint density at radius 3 is 2.56 bits per heavy atom. The third-order valence-corrected chi connectivity index (χ3v) is 1.94. The van der Waals surface area contributed by atoms with Crippen LogP contribution in [0.3, 0.4) is 0 Å². The monoisotopic (exact) mass is 256 g/mol. The summed E-state index contributed by atoms with van der Waals surface area (Å²) in [4.78, 5) is 21.0. The van der Waals surface area contributed by atoms with Crippen LogP contribution in [0.5, 0.6) is 0 Å². The van der Waals surface area contributed by atoms with Gasteiger partial charge in [-0.25, -0.2) is 4.79 Å². The van der Waals surface area contributed by atoms with Crippen molar-refractivity contribution >= 4 is 17.5 Å². The molecular weight excluding hydrogens is 244 g/mol. The summed E-state index contributed by atoms with van der Waals surface area (Å²) >= 11 is 0. The van der Waals surface area contributed by atoms with Crippen molar-refractivity contribution in [2.24, 2.45) is 0 Å². The largest absolute Gasteiger partial charge is 0.446 e. The van der Waals surface area contributed by atoms with E-state index in [-0.39, 0.29) is 12.3 Å². The number of nitro benzene ring substituents is 1. The highest BCUT2D eigenvalue weighted by molar-refractivity contribution is 5.84. The molecule has 1 aromatic rings. The van der Waals surface area contributed by atoms with Crippen molar-refractivity contribution in [3.63, 3.8) is 0 Å². The Bertz CT molecular complexity index is 419. The number of amides is 1. The molecule has 98 valence electrons. The molecule has 0 aliphatic rings. The van der Waals surface area contributed by atoms with E-state index in [2.05, 4.69) is 10.1 Å². The predicted octanol–water partition coefficient (Wildman–Crippen LogP) is 0.496. The molecule has 1 rings (SSSR count). The van der Waals surface area contributed by atoms with Gasteiger partial charge in [-0.3, -0.25) is 15.4 Å². The van der Waals surface area contributed by atoms with Gasteiger partial charge in [0, 0.05) is 17.8 Å². The molecule has 8 nitrogen and oxygen atoms in total. The van der Waals surface area contributed by atoms with Gasteiger partial charge in [0.25, 0.3) is 5.69 Å². The highest BCUT2D eigenvalue weighted by atomic mass is 16.6. The lowest BCUT2D eigenvalue weighted by Gasteiger charge is -2.09. The number of aliphatic hydroxyl groups excluding tert-OH is 2. The number of nitrogens with one attached hydrogen (secondary N) is 1. The number of aliphatic hydroxyl groups is 2. The molecule has 1 amide bonds. The highest BCUT2D eigenvalue weighted by Crippen LogP contribution is 2.15. The zero-order valence-corrected chi connectivity index (χ0v) is 9.28. The molecule has 0 spiro atoms. The van der Waals surface area contributed by atoms with Crippen molar-refractivity contribution in [1.29, 1.82) is 0 Å². The van der Waals surface area contributed by atoms with Crippen LogP contribution in [0.25, 0.3) is 0 Å². The van der Waals surface area contributed by atoms with Crippen LogP contribution in [0.4, 0.5) is 16.2 Å². The van der Waals surface area contributed by atoms with Gasteiger partial charge in [0.15, 0.2) is 0 Å². The Morgan fingerprint density at radius 1 is 1.44 bits per heavy atom. The molecule has 0 bridgehead atoms. The highest BCUT2D eigenvalue weighted by Gasteiger charge is 2.09. The molecule has 3 N–H and O–H groups in total. The van der Waals surface area contributed by atoms with Gasteiger partial charge in [0.05, 0.1) is 11.5 Å². The first kappa shape index (κ1) is 13.9. The summed E-state index contributed by atoms with van der Waals surface area (Å²) in [7, 11) is 0. The first-order chi connectivity index (χ1) is 8.52. The number of ether oxygens (including phenoxy) is 1. The topological polar surface area (TPSA) is 122 Å². The summed E-state index contributed by atoms with van der Waals surface area (Å²) in [5.74, 6) is 0. The lowest BCUT2D eigenvalue weighted by molar-refractivity contribution is -0.384. The van der Waals surface area contributed by atoms with Crippen LogP contribution in [-0.4, -0.2) is 40.5 Å². The fourth-order valence-corrected chi connectivity index (χ4v) is 1.05. The fourth-order valence-electron chi connectivity index (χ4n) is 1.05. The Kier molecular flexibility index (Phi) is 5.03. The number of rotatable bonds is 5. The van der Waals surface area contributed by atoms with Gasteiger partial charge in [0.2, 0.25) is 0 Å². The van der Waals surface area contributed by atoms with Gasteiger partial charge < -0.3 is 14.9 Å². The van der Waals surface area contributed by atoms with Gasteiger partial charge in [-0.1, -0.05) is 0 Å². The van der Waals surface area contributed by atoms with Gasteiger partial charge in [-0.15, -0.1) is 0 Å². The zero-order chi connectivity index (χ0) is 13.5. The van der Waals surface area contributed by atoms with Gasteiger partial charge in [-0.05, 0) is 12.1 Å². The van der Waals surface area contributed by atoms with Crippen molar-refractivity contribution in [3.05, 3.63) is 34.4 Å². The quantitative estimate of drug-likeness (QED) is 0.520. The second-order valence-corrected chi connectivity index (χ2v) is 3.36. The molecule has 0 aromatic heterocycles. The van der Waals surface area contributed by atoms with Gasteiger partial charge in [0.1, 0.15) is 12.7 Å². The van der Waals surface area contributed by atoms with Crippen molar-refractivity contribution in [2.45, 2.75) is 6.10 Å². The predicted molar refractivity (Wildman–Crippen MR) is 61.2 cm³/mol. The summed E-state index contributed by atoms with van der Waals surface area (Å²) in [6.07, 6.45) is -1.95. The number of anilines is 1. The summed E-state index contributed by atoms with van der Waals surface area (Å²) in [6.45, 7) is -0.847. The van der Waals surface area contributed by atoms with Crippen molar-refractivity contribution in [1.82, 2.24) is 0 Å².